The molecular weight excluding hydrogens is 124 g/mol. The lowest BCUT2D eigenvalue weighted by Crippen LogP contribution is -2.09. The zero-order valence-corrected chi connectivity index (χ0v) is 7.23. The standard InChI is InChI=1S/C9H16O/c1-6-8(7(2)10)9(3,4)5/h6,10H,1H2,2-5H3/b8-7+. The molecule has 0 radical (unpaired) electrons. The Balaban J connectivity index is 4.71. The van der Waals surface area contributed by atoms with Crippen molar-refractivity contribution in [2.45, 2.75) is 27.7 Å². The van der Waals surface area contributed by atoms with Crippen LogP contribution in [0.3, 0.4) is 0 Å². The summed E-state index contributed by atoms with van der Waals surface area (Å²) in [5.74, 6) is 0.363. The van der Waals surface area contributed by atoms with Gasteiger partial charge < -0.3 is 5.11 Å². The highest BCUT2D eigenvalue weighted by Gasteiger charge is 2.16. The lowest BCUT2D eigenvalue weighted by Gasteiger charge is -2.20. The van der Waals surface area contributed by atoms with Gasteiger partial charge in [0, 0.05) is 0 Å². The van der Waals surface area contributed by atoms with E-state index in [1.165, 1.54) is 0 Å². The van der Waals surface area contributed by atoms with Gasteiger partial charge in [-0.15, -0.1) is 0 Å². The Morgan fingerprint density at radius 3 is 1.80 bits per heavy atom. The van der Waals surface area contributed by atoms with Gasteiger partial charge in [0.1, 0.15) is 0 Å². The molecule has 0 aliphatic heterocycles. The maximum Gasteiger partial charge on any atom is 0.0928 e. The number of aliphatic hydroxyl groups excluding tert-OH is 1. The number of aliphatic hydroxyl groups is 1. The quantitative estimate of drug-likeness (QED) is 0.438. The summed E-state index contributed by atoms with van der Waals surface area (Å²) in [6.07, 6.45) is 1.70. The fourth-order valence-corrected chi connectivity index (χ4v) is 0.997. The van der Waals surface area contributed by atoms with Crippen molar-refractivity contribution in [3.05, 3.63) is 24.0 Å². The first-order valence-corrected chi connectivity index (χ1v) is 3.42. The van der Waals surface area contributed by atoms with Crippen molar-refractivity contribution >= 4 is 0 Å². The molecule has 58 valence electrons. The molecule has 0 aliphatic rings. The highest BCUT2D eigenvalue weighted by Crippen LogP contribution is 2.27. The normalized spacial score (nSPS) is 14.4. The van der Waals surface area contributed by atoms with Gasteiger partial charge in [0.2, 0.25) is 0 Å². The molecular formula is C9H16O. The Bertz CT molecular complexity index is 154. The molecule has 1 nitrogen and oxygen atoms in total. The molecule has 0 aromatic rings. The van der Waals surface area contributed by atoms with E-state index < -0.39 is 0 Å². The van der Waals surface area contributed by atoms with Crippen LogP contribution in [0.15, 0.2) is 24.0 Å². The predicted octanol–water partition coefficient (Wildman–Crippen LogP) is 3.05. The molecule has 0 bridgehead atoms. The van der Waals surface area contributed by atoms with Crippen molar-refractivity contribution in [2.24, 2.45) is 5.41 Å². The Kier molecular flexibility index (Phi) is 2.70. The molecule has 0 atom stereocenters. The van der Waals surface area contributed by atoms with E-state index in [0.29, 0.717) is 5.76 Å². The van der Waals surface area contributed by atoms with Crippen LogP contribution in [-0.2, 0) is 0 Å². The fourth-order valence-electron chi connectivity index (χ4n) is 0.997. The van der Waals surface area contributed by atoms with Crippen molar-refractivity contribution in [3.8, 4) is 0 Å². The van der Waals surface area contributed by atoms with Crippen LogP contribution in [0, 0.1) is 5.41 Å². The molecule has 1 N–H and O–H groups in total. The van der Waals surface area contributed by atoms with Gasteiger partial charge in [0.05, 0.1) is 5.76 Å². The SMILES string of the molecule is C=C/C(=C(/C)O)C(C)(C)C. The summed E-state index contributed by atoms with van der Waals surface area (Å²) in [6, 6.07) is 0. The molecule has 0 aromatic carbocycles. The van der Waals surface area contributed by atoms with Gasteiger partial charge >= 0.3 is 0 Å². The van der Waals surface area contributed by atoms with Crippen LogP contribution in [0.5, 0.6) is 0 Å². The zero-order valence-electron chi connectivity index (χ0n) is 7.23. The summed E-state index contributed by atoms with van der Waals surface area (Å²) in [5, 5.41) is 9.16. The van der Waals surface area contributed by atoms with Crippen molar-refractivity contribution in [1.29, 1.82) is 0 Å². The summed E-state index contributed by atoms with van der Waals surface area (Å²) in [6.45, 7) is 11.4. The van der Waals surface area contributed by atoms with Gasteiger partial charge in [0.15, 0.2) is 0 Å². The van der Waals surface area contributed by atoms with Crippen LogP contribution in [-0.4, -0.2) is 5.11 Å². The van der Waals surface area contributed by atoms with Crippen molar-refractivity contribution in [1.82, 2.24) is 0 Å². The van der Waals surface area contributed by atoms with Gasteiger partial charge in [-0.2, -0.15) is 0 Å². The minimum absolute atomic E-state index is 0.000579. The van der Waals surface area contributed by atoms with Crippen LogP contribution in [0.4, 0.5) is 0 Å². The second-order valence-electron chi connectivity index (χ2n) is 3.45. The fraction of sp³-hybridized carbons (Fsp3) is 0.556. The number of allylic oxidation sites excluding steroid dienone is 3. The zero-order chi connectivity index (χ0) is 8.36. The smallest absolute Gasteiger partial charge is 0.0928 e. The van der Waals surface area contributed by atoms with Crippen LogP contribution in [0.2, 0.25) is 0 Å². The molecule has 0 amide bonds. The molecule has 0 saturated carbocycles. The largest absolute Gasteiger partial charge is 0.512 e. The summed E-state index contributed by atoms with van der Waals surface area (Å²) in [5.41, 5.74) is 0.910. The Morgan fingerprint density at radius 2 is 1.80 bits per heavy atom. The second-order valence-corrected chi connectivity index (χ2v) is 3.45. The summed E-state index contributed by atoms with van der Waals surface area (Å²) < 4.78 is 0. The average Bonchev–Trinajstić information content (AvgIpc) is 1.60. The number of rotatable bonds is 1. The van der Waals surface area contributed by atoms with Crippen molar-refractivity contribution in [3.63, 3.8) is 0 Å². The monoisotopic (exact) mass is 140 g/mol. The van der Waals surface area contributed by atoms with Gasteiger partial charge in [-0.05, 0) is 17.9 Å². The van der Waals surface area contributed by atoms with E-state index in [4.69, 9.17) is 5.11 Å². The first-order valence-electron chi connectivity index (χ1n) is 3.42. The van der Waals surface area contributed by atoms with Crippen LogP contribution in [0.25, 0.3) is 0 Å². The Hall–Kier alpha value is -0.720. The van der Waals surface area contributed by atoms with E-state index >= 15 is 0 Å². The van der Waals surface area contributed by atoms with Crippen molar-refractivity contribution in [2.75, 3.05) is 0 Å². The highest BCUT2D eigenvalue weighted by molar-refractivity contribution is 5.24. The average molecular weight is 140 g/mol. The lowest BCUT2D eigenvalue weighted by molar-refractivity contribution is 0.381. The highest BCUT2D eigenvalue weighted by atomic mass is 16.3. The molecule has 0 saturated heterocycles. The Labute approximate surface area is 63.1 Å². The van der Waals surface area contributed by atoms with E-state index in [1.807, 2.05) is 20.8 Å². The van der Waals surface area contributed by atoms with E-state index in [1.54, 1.807) is 13.0 Å². The van der Waals surface area contributed by atoms with E-state index in [9.17, 15) is 0 Å². The third kappa shape index (κ3) is 2.26. The molecule has 10 heavy (non-hydrogen) atoms. The van der Waals surface area contributed by atoms with Gasteiger partial charge in [-0.1, -0.05) is 33.4 Å². The molecule has 1 heteroatoms. The summed E-state index contributed by atoms with van der Waals surface area (Å²) in [7, 11) is 0. The molecule has 0 heterocycles. The minimum atomic E-state index is 0.000579. The molecule has 0 aliphatic carbocycles. The third-order valence-corrected chi connectivity index (χ3v) is 1.40. The first-order chi connectivity index (χ1) is 4.39. The van der Waals surface area contributed by atoms with E-state index in [-0.39, 0.29) is 5.41 Å². The number of hydrogen-bond acceptors (Lipinski definition) is 1. The maximum absolute atomic E-state index is 9.16. The molecule has 0 aromatic heterocycles. The third-order valence-electron chi connectivity index (χ3n) is 1.40. The molecule has 0 unspecified atom stereocenters. The lowest BCUT2D eigenvalue weighted by atomic mass is 9.86. The molecule has 0 rings (SSSR count). The van der Waals surface area contributed by atoms with Gasteiger partial charge in [-0.25, -0.2) is 0 Å². The second kappa shape index (κ2) is 2.91. The summed E-state index contributed by atoms with van der Waals surface area (Å²) in [4.78, 5) is 0. The number of hydrogen-bond donors (Lipinski definition) is 1. The maximum atomic E-state index is 9.16. The van der Waals surface area contributed by atoms with E-state index in [0.717, 1.165) is 5.57 Å². The van der Waals surface area contributed by atoms with Gasteiger partial charge in [0.25, 0.3) is 0 Å². The molecule has 0 fully saturated rings. The topological polar surface area (TPSA) is 20.2 Å². The Morgan fingerprint density at radius 1 is 1.40 bits per heavy atom. The van der Waals surface area contributed by atoms with Crippen LogP contribution < -0.4 is 0 Å². The summed E-state index contributed by atoms with van der Waals surface area (Å²) >= 11 is 0. The van der Waals surface area contributed by atoms with Gasteiger partial charge in [-0.3, -0.25) is 0 Å². The minimum Gasteiger partial charge on any atom is -0.512 e. The van der Waals surface area contributed by atoms with E-state index in [2.05, 4.69) is 6.58 Å². The first kappa shape index (κ1) is 9.28. The van der Waals surface area contributed by atoms with Crippen LogP contribution >= 0.6 is 0 Å². The predicted molar refractivity (Wildman–Crippen MR) is 45.0 cm³/mol. The molecule has 0 spiro atoms. The van der Waals surface area contributed by atoms with Crippen molar-refractivity contribution < 1.29 is 5.11 Å². The van der Waals surface area contributed by atoms with Crippen LogP contribution in [0.1, 0.15) is 27.7 Å².